The average molecular weight is 508 g/mol. The van der Waals surface area contributed by atoms with Gasteiger partial charge in [0.25, 0.3) is 0 Å². The Morgan fingerprint density at radius 2 is 1.56 bits per heavy atom. The molecule has 1 aliphatic heterocycles. The molecule has 1 heterocycles. The van der Waals surface area contributed by atoms with E-state index in [1.807, 2.05) is 13.8 Å². The maximum atomic E-state index is 11.6. The highest BCUT2D eigenvalue weighted by atomic mass is 32.1. The molecule has 202 valence electrons. The molecule has 5 unspecified atom stereocenters. The van der Waals surface area contributed by atoms with Crippen LogP contribution in [0.1, 0.15) is 88.0 Å². The minimum absolute atomic E-state index is 0.00141. The van der Waals surface area contributed by atoms with Gasteiger partial charge in [-0.15, -0.1) is 0 Å². The van der Waals surface area contributed by atoms with Crippen LogP contribution in [0.25, 0.3) is 0 Å². The molecule has 34 heavy (non-hydrogen) atoms. The number of carbonyl (C=O) groups excluding carboxylic acids is 1. The zero-order chi connectivity index (χ0) is 26.5. The Bertz CT molecular complexity index is 648. The monoisotopic (exact) mass is 507 g/mol. The molecule has 0 radical (unpaired) electrons. The first-order valence-corrected chi connectivity index (χ1v) is 12.7. The lowest BCUT2D eigenvalue weighted by Gasteiger charge is -2.45. The lowest BCUT2D eigenvalue weighted by Crippen LogP contribution is -2.65. The van der Waals surface area contributed by atoms with Crippen molar-refractivity contribution in [2.45, 2.75) is 135 Å². The molecule has 8 nitrogen and oxygen atoms in total. The van der Waals surface area contributed by atoms with Gasteiger partial charge in [0.2, 0.25) is 5.91 Å². The normalized spacial score (nSPS) is 27.0. The fraction of sp³-hybridized carbons (Fsp3) is 0.960. The molecule has 1 amide bonds. The largest absolute Gasteiger partial charge is 0.394 e. The predicted octanol–water partition coefficient (Wildman–Crippen LogP) is 2.82. The number of nitrogens with one attached hydrogen (secondary N) is 1. The van der Waals surface area contributed by atoms with E-state index in [-0.39, 0.29) is 21.7 Å². The molecule has 0 saturated carbocycles. The van der Waals surface area contributed by atoms with Crippen LogP contribution in [0.3, 0.4) is 0 Å². The third-order valence-electron chi connectivity index (χ3n) is 6.20. The number of carbonyl (C=O) groups is 1. The first-order chi connectivity index (χ1) is 15.3. The quantitative estimate of drug-likeness (QED) is 0.243. The summed E-state index contributed by atoms with van der Waals surface area (Å²) in [5.41, 5.74) is -0.943. The Balaban J connectivity index is 2.71. The summed E-state index contributed by atoms with van der Waals surface area (Å²) in [6, 6.07) is -0.969. The van der Waals surface area contributed by atoms with E-state index in [4.69, 9.17) is 14.2 Å². The summed E-state index contributed by atoms with van der Waals surface area (Å²) in [6.07, 6.45) is -1.23. The van der Waals surface area contributed by atoms with Gasteiger partial charge in [0.15, 0.2) is 6.29 Å². The van der Waals surface area contributed by atoms with Crippen LogP contribution in [0.5, 0.6) is 0 Å². The van der Waals surface area contributed by atoms with Gasteiger partial charge in [0.05, 0.1) is 24.4 Å². The molecule has 0 bridgehead atoms. The van der Waals surface area contributed by atoms with Crippen LogP contribution in [0, 0.1) is 5.41 Å². The van der Waals surface area contributed by atoms with E-state index in [1.165, 1.54) is 6.92 Å². The Morgan fingerprint density at radius 1 is 0.971 bits per heavy atom. The zero-order valence-electron chi connectivity index (χ0n) is 22.6. The van der Waals surface area contributed by atoms with Gasteiger partial charge in [-0.1, -0.05) is 27.7 Å². The Morgan fingerprint density at radius 3 is 2.06 bits per heavy atom. The second-order valence-electron chi connectivity index (χ2n) is 12.3. The van der Waals surface area contributed by atoms with Crippen molar-refractivity contribution in [1.29, 1.82) is 0 Å². The minimum atomic E-state index is -1.34. The van der Waals surface area contributed by atoms with E-state index in [1.54, 1.807) is 0 Å². The van der Waals surface area contributed by atoms with E-state index < -0.39 is 42.9 Å². The molecule has 0 aromatic carbocycles. The number of amides is 1. The second-order valence-corrected chi connectivity index (χ2v) is 13.5. The van der Waals surface area contributed by atoms with E-state index in [2.05, 4.69) is 59.5 Å². The molecule has 0 aliphatic carbocycles. The third-order valence-corrected chi connectivity index (χ3v) is 6.42. The first kappa shape index (κ1) is 31.6. The summed E-state index contributed by atoms with van der Waals surface area (Å²) < 4.78 is 18.1. The summed E-state index contributed by atoms with van der Waals surface area (Å²) in [5, 5.41) is 32.7. The van der Waals surface area contributed by atoms with Crippen molar-refractivity contribution in [3.05, 3.63) is 0 Å². The molecule has 1 aliphatic rings. The molecule has 0 spiro atoms. The number of aliphatic hydroxyl groups excluding tert-OH is 3. The van der Waals surface area contributed by atoms with Gasteiger partial charge in [-0.3, -0.25) is 4.79 Å². The lowest BCUT2D eigenvalue weighted by atomic mass is 9.77. The SMILES string of the molecule is CC(=O)NC1C(OC(C)(C)CCOC(C)(C)CC(C)(C)CCC(C)(C)S)OC(CO)C(O)C1O. The molecular weight excluding hydrogens is 458 g/mol. The average Bonchev–Trinajstić information content (AvgIpc) is 2.64. The minimum Gasteiger partial charge on any atom is -0.394 e. The van der Waals surface area contributed by atoms with E-state index in [0.29, 0.717) is 13.0 Å². The van der Waals surface area contributed by atoms with Crippen molar-refractivity contribution in [2.24, 2.45) is 5.41 Å². The van der Waals surface area contributed by atoms with Gasteiger partial charge < -0.3 is 34.8 Å². The summed E-state index contributed by atoms with van der Waals surface area (Å²) in [6.45, 7) is 18.0. The fourth-order valence-corrected chi connectivity index (χ4v) is 4.57. The van der Waals surface area contributed by atoms with Crippen LogP contribution in [0.4, 0.5) is 0 Å². The molecule has 1 rings (SSSR count). The number of rotatable bonds is 13. The van der Waals surface area contributed by atoms with Crippen LogP contribution >= 0.6 is 12.6 Å². The highest BCUT2D eigenvalue weighted by Crippen LogP contribution is 2.37. The molecule has 0 aromatic rings. The van der Waals surface area contributed by atoms with Gasteiger partial charge in [0.1, 0.15) is 24.4 Å². The van der Waals surface area contributed by atoms with Crippen LogP contribution in [0.15, 0.2) is 0 Å². The van der Waals surface area contributed by atoms with E-state index >= 15 is 0 Å². The van der Waals surface area contributed by atoms with Crippen molar-refractivity contribution in [3.8, 4) is 0 Å². The number of hydrogen-bond acceptors (Lipinski definition) is 8. The Kier molecular flexibility index (Phi) is 11.4. The smallest absolute Gasteiger partial charge is 0.217 e. The van der Waals surface area contributed by atoms with Gasteiger partial charge in [0, 0.05) is 11.7 Å². The van der Waals surface area contributed by atoms with Crippen LogP contribution in [-0.4, -0.2) is 81.0 Å². The topological polar surface area (TPSA) is 117 Å². The van der Waals surface area contributed by atoms with Crippen molar-refractivity contribution >= 4 is 18.5 Å². The van der Waals surface area contributed by atoms with Gasteiger partial charge in [-0.2, -0.15) is 12.6 Å². The Hall–Kier alpha value is -0.420. The maximum absolute atomic E-state index is 11.6. The maximum Gasteiger partial charge on any atom is 0.217 e. The van der Waals surface area contributed by atoms with Gasteiger partial charge in [-0.25, -0.2) is 0 Å². The lowest BCUT2D eigenvalue weighted by molar-refractivity contribution is -0.297. The molecule has 9 heteroatoms. The summed E-state index contributed by atoms with van der Waals surface area (Å²) in [4.78, 5) is 11.6. The first-order valence-electron chi connectivity index (χ1n) is 12.2. The van der Waals surface area contributed by atoms with Crippen molar-refractivity contribution in [1.82, 2.24) is 5.32 Å². The molecular formula is C25H49NO7S. The molecule has 1 fully saturated rings. The standard InChI is InChI=1S/C25H49NO7S/c1-16(28)26-18-20(30)19(29)17(14-27)32-21(18)33-23(4,5)12-13-31-24(6,7)15-22(2,3)10-11-25(8,9)34/h17-21,27,29-30,34H,10-15H2,1-9H3,(H,26,28). The van der Waals surface area contributed by atoms with Crippen molar-refractivity contribution in [3.63, 3.8) is 0 Å². The second kappa shape index (κ2) is 12.2. The summed E-state index contributed by atoms with van der Waals surface area (Å²) in [7, 11) is 0. The Labute approximate surface area is 211 Å². The molecule has 0 aromatic heterocycles. The predicted molar refractivity (Wildman–Crippen MR) is 136 cm³/mol. The number of ether oxygens (including phenoxy) is 3. The van der Waals surface area contributed by atoms with E-state index in [0.717, 1.165) is 19.3 Å². The van der Waals surface area contributed by atoms with Gasteiger partial charge in [-0.05, 0) is 58.8 Å². The zero-order valence-corrected chi connectivity index (χ0v) is 23.4. The molecule has 1 saturated heterocycles. The highest BCUT2D eigenvalue weighted by Gasteiger charge is 2.47. The van der Waals surface area contributed by atoms with Crippen molar-refractivity contribution in [2.75, 3.05) is 13.2 Å². The fourth-order valence-electron chi connectivity index (χ4n) is 4.45. The number of hydrogen-bond donors (Lipinski definition) is 5. The summed E-state index contributed by atoms with van der Waals surface area (Å²) >= 11 is 4.65. The van der Waals surface area contributed by atoms with Crippen LogP contribution < -0.4 is 5.32 Å². The van der Waals surface area contributed by atoms with Crippen LogP contribution in [0.2, 0.25) is 0 Å². The van der Waals surface area contributed by atoms with Gasteiger partial charge >= 0.3 is 0 Å². The number of thiol groups is 1. The number of aliphatic hydroxyl groups is 3. The molecule has 4 N–H and O–H groups in total. The van der Waals surface area contributed by atoms with Crippen molar-refractivity contribution < 1.29 is 34.3 Å². The van der Waals surface area contributed by atoms with Crippen LogP contribution in [-0.2, 0) is 19.0 Å². The highest BCUT2D eigenvalue weighted by molar-refractivity contribution is 7.81. The van der Waals surface area contributed by atoms with E-state index in [9.17, 15) is 20.1 Å². The molecule has 5 atom stereocenters. The summed E-state index contributed by atoms with van der Waals surface area (Å²) in [5.74, 6) is -0.386. The third kappa shape index (κ3) is 11.1.